The van der Waals surface area contributed by atoms with E-state index in [2.05, 4.69) is 11.9 Å². The summed E-state index contributed by atoms with van der Waals surface area (Å²) >= 11 is 0. The summed E-state index contributed by atoms with van der Waals surface area (Å²) in [6.45, 7) is 7.63. The van der Waals surface area contributed by atoms with Crippen LogP contribution in [0.15, 0.2) is 24.8 Å². The van der Waals surface area contributed by atoms with Gasteiger partial charge in [-0.3, -0.25) is 4.79 Å². The van der Waals surface area contributed by atoms with E-state index in [1.54, 1.807) is 20.3 Å². The summed E-state index contributed by atoms with van der Waals surface area (Å²) < 4.78 is 10.9. The van der Waals surface area contributed by atoms with Crippen LogP contribution in [0.3, 0.4) is 0 Å². The summed E-state index contributed by atoms with van der Waals surface area (Å²) in [7, 11) is 3.22. The van der Waals surface area contributed by atoms with Crippen LogP contribution in [0, 0.1) is 11.8 Å². The number of ether oxygens (including phenoxy) is 2. The predicted octanol–water partition coefficient (Wildman–Crippen LogP) is 2.93. The van der Waals surface area contributed by atoms with Gasteiger partial charge in [0.2, 0.25) is 0 Å². The van der Waals surface area contributed by atoms with Gasteiger partial charge < -0.3 is 19.7 Å². The van der Waals surface area contributed by atoms with E-state index in [4.69, 9.17) is 9.47 Å². The Morgan fingerprint density at radius 2 is 1.88 bits per heavy atom. The molecule has 5 nitrogen and oxygen atoms in total. The minimum Gasteiger partial charge on any atom is -0.493 e. The molecular weight excluding hydrogens is 352 g/mol. The topological polar surface area (TPSA) is 50.8 Å². The molecule has 1 aromatic carbocycles. The molecule has 144 valence electrons. The lowest BCUT2D eigenvalue weighted by Gasteiger charge is -2.22. The zero-order valence-corrected chi connectivity index (χ0v) is 16.4. The van der Waals surface area contributed by atoms with Crippen molar-refractivity contribution >= 4 is 18.3 Å². The van der Waals surface area contributed by atoms with E-state index in [0.717, 1.165) is 44.6 Å². The quantitative estimate of drug-likeness (QED) is 0.798. The van der Waals surface area contributed by atoms with Crippen molar-refractivity contribution in [2.45, 2.75) is 19.3 Å². The Balaban J connectivity index is 0.00000243. The number of likely N-dealkylation sites (tertiary alicyclic amines) is 1. The van der Waals surface area contributed by atoms with Crippen LogP contribution < -0.4 is 14.8 Å². The maximum Gasteiger partial charge on any atom is 0.254 e. The standard InChI is InChI=1S/C20H28N2O3.ClH/c1-4-5-14-10-17(11-18(24-2)19(14)25-3)20(23)22-8-6-15-12-21-13-16(15)7-9-22;/h4,10-11,15-16,21H,1,5-9,12-13H2,2-3H3;1H/t15-,16+;. The molecule has 1 aromatic rings. The maximum atomic E-state index is 13.1. The molecule has 0 aromatic heterocycles. The van der Waals surface area contributed by atoms with Gasteiger partial charge in [0.1, 0.15) is 0 Å². The van der Waals surface area contributed by atoms with E-state index in [-0.39, 0.29) is 18.3 Å². The molecule has 0 bridgehead atoms. The highest BCUT2D eigenvalue weighted by Crippen LogP contribution is 2.34. The Kier molecular flexibility index (Phi) is 7.35. The molecule has 6 heteroatoms. The van der Waals surface area contributed by atoms with E-state index in [1.807, 2.05) is 17.0 Å². The molecule has 2 saturated heterocycles. The molecule has 0 spiro atoms. The van der Waals surface area contributed by atoms with Crippen molar-refractivity contribution in [1.82, 2.24) is 10.2 Å². The first kappa shape index (κ1) is 20.6. The summed E-state index contributed by atoms with van der Waals surface area (Å²) in [5.41, 5.74) is 1.59. The van der Waals surface area contributed by atoms with E-state index in [9.17, 15) is 4.79 Å². The number of halogens is 1. The van der Waals surface area contributed by atoms with Crippen molar-refractivity contribution in [3.8, 4) is 11.5 Å². The molecule has 2 atom stereocenters. The first-order valence-corrected chi connectivity index (χ1v) is 9.03. The van der Waals surface area contributed by atoms with Gasteiger partial charge in [0.05, 0.1) is 14.2 Å². The fourth-order valence-corrected chi connectivity index (χ4v) is 4.08. The van der Waals surface area contributed by atoms with Gasteiger partial charge in [0.15, 0.2) is 11.5 Å². The summed E-state index contributed by atoms with van der Waals surface area (Å²) in [5, 5.41) is 3.47. The smallest absolute Gasteiger partial charge is 0.254 e. The molecule has 2 aliphatic rings. The van der Waals surface area contributed by atoms with Gasteiger partial charge in [-0.2, -0.15) is 0 Å². The summed E-state index contributed by atoms with van der Waals surface area (Å²) in [4.78, 5) is 15.1. The second-order valence-corrected chi connectivity index (χ2v) is 6.91. The molecule has 3 rings (SSSR count). The Labute approximate surface area is 162 Å². The average Bonchev–Trinajstić information content (AvgIpc) is 2.99. The molecule has 26 heavy (non-hydrogen) atoms. The summed E-state index contributed by atoms with van der Waals surface area (Å²) in [6, 6.07) is 3.71. The number of allylic oxidation sites excluding steroid dienone is 1. The van der Waals surface area contributed by atoms with Crippen LogP contribution in [0.1, 0.15) is 28.8 Å². The molecule has 0 radical (unpaired) electrons. The number of hydrogen-bond donors (Lipinski definition) is 1. The third-order valence-corrected chi connectivity index (χ3v) is 5.47. The van der Waals surface area contributed by atoms with E-state index in [0.29, 0.717) is 35.3 Å². The number of rotatable bonds is 5. The Bertz CT molecular complexity index is 636. The van der Waals surface area contributed by atoms with Crippen LogP contribution >= 0.6 is 12.4 Å². The normalized spacial score (nSPS) is 22.0. The first-order valence-electron chi connectivity index (χ1n) is 9.03. The van der Waals surface area contributed by atoms with Gasteiger partial charge in [-0.15, -0.1) is 19.0 Å². The van der Waals surface area contributed by atoms with Crippen molar-refractivity contribution < 1.29 is 14.3 Å². The van der Waals surface area contributed by atoms with Gasteiger partial charge in [-0.1, -0.05) is 6.08 Å². The van der Waals surface area contributed by atoms with Crippen molar-refractivity contribution in [2.75, 3.05) is 40.4 Å². The SMILES string of the molecule is C=CCc1cc(C(=O)N2CC[C@@H]3CNC[C@@H]3CC2)cc(OC)c1OC.Cl. The van der Waals surface area contributed by atoms with E-state index < -0.39 is 0 Å². The lowest BCUT2D eigenvalue weighted by Crippen LogP contribution is -2.32. The predicted molar refractivity (Wildman–Crippen MR) is 106 cm³/mol. The molecule has 0 unspecified atom stereocenters. The lowest BCUT2D eigenvalue weighted by atomic mass is 9.92. The van der Waals surface area contributed by atoms with Gasteiger partial charge in [0, 0.05) is 24.2 Å². The molecule has 1 amide bonds. The van der Waals surface area contributed by atoms with E-state index >= 15 is 0 Å². The molecular formula is C20H29ClN2O3. The van der Waals surface area contributed by atoms with Crippen LogP contribution in [0.5, 0.6) is 11.5 Å². The number of nitrogens with one attached hydrogen (secondary N) is 1. The van der Waals surface area contributed by atoms with Crippen LogP contribution in [-0.2, 0) is 6.42 Å². The first-order chi connectivity index (χ1) is 12.2. The molecule has 0 saturated carbocycles. The van der Waals surface area contributed by atoms with E-state index in [1.165, 1.54) is 0 Å². The van der Waals surface area contributed by atoms with Gasteiger partial charge in [-0.25, -0.2) is 0 Å². The third kappa shape index (κ3) is 4.15. The fourth-order valence-electron chi connectivity index (χ4n) is 4.08. The number of hydrogen-bond acceptors (Lipinski definition) is 4. The number of carbonyl (C=O) groups excluding carboxylic acids is 1. The molecule has 2 heterocycles. The highest BCUT2D eigenvalue weighted by atomic mass is 35.5. The average molecular weight is 381 g/mol. The second-order valence-electron chi connectivity index (χ2n) is 6.91. The number of amides is 1. The summed E-state index contributed by atoms with van der Waals surface area (Å²) in [5.74, 6) is 2.77. The zero-order chi connectivity index (χ0) is 17.8. The fraction of sp³-hybridized carbons (Fsp3) is 0.550. The highest BCUT2D eigenvalue weighted by Gasteiger charge is 2.32. The number of methoxy groups -OCH3 is 2. The van der Waals surface area contributed by atoms with Gasteiger partial charge in [0.25, 0.3) is 5.91 Å². The van der Waals surface area contributed by atoms with Crippen molar-refractivity contribution in [1.29, 1.82) is 0 Å². The summed E-state index contributed by atoms with van der Waals surface area (Å²) in [6.07, 6.45) is 4.61. The highest BCUT2D eigenvalue weighted by molar-refractivity contribution is 5.95. The third-order valence-electron chi connectivity index (χ3n) is 5.47. The Hall–Kier alpha value is -1.72. The maximum absolute atomic E-state index is 13.1. The lowest BCUT2D eigenvalue weighted by molar-refractivity contribution is 0.0758. The number of carbonyl (C=O) groups is 1. The molecule has 2 aliphatic heterocycles. The monoisotopic (exact) mass is 380 g/mol. The molecule has 2 fully saturated rings. The Morgan fingerprint density at radius 3 is 2.42 bits per heavy atom. The van der Waals surface area contributed by atoms with Crippen LogP contribution in [0.4, 0.5) is 0 Å². The van der Waals surface area contributed by atoms with Gasteiger partial charge >= 0.3 is 0 Å². The van der Waals surface area contributed by atoms with Crippen molar-refractivity contribution in [3.63, 3.8) is 0 Å². The number of nitrogens with zero attached hydrogens (tertiary/aromatic N) is 1. The molecule has 1 N–H and O–H groups in total. The number of benzene rings is 1. The second kappa shape index (κ2) is 9.28. The van der Waals surface area contributed by atoms with Crippen molar-refractivity contribution in [3.05, 3.63) is 35.9 Å². The largest absolute Gasteiger partial charge is 0.493 e. The van der Waals surface area contributed by atoms with Crippen LogP contribution in [-0.4, -0.2) is 51.2 Å². The number of fused-ring (bicyclic) bond motifs is 1. The molecule has 0 aliphatic carbocycles. The minimum absolute atomic E-state index is 0. The van der Waals surface area contributed by atoms with Crippen molar-refractivity contribution in [2.24, 2.45) is 11.8 Å². The van der Waals surface area contributed by atoms with Crippen LogP contribution in [0.25, 0.3) is 0 Å². The van der Waals surface area contributed by atoms with Gasteiger partial charge in [-0.05, 0) is 56.3 Å². The minimum atomic E-state index is 0. The zero-order valence-electron chi connectivity index (χ0n) is 15.6. The van der Waals surface area contributed by atoms with Crippen LogP contribution in [0.2, 0.25) is 0 Å². The Morgan fingerprint density at radius 1 is 1.23 bits per heavy atom.